The van der Waals surface area contributed by atoms with E-state index in [1.54, 1.807) is 54.6 Å². The number of sulfonamides is 1. The number of carbonyl (C=O) groups is 1. The van der Waals surface area contributed by atoms with E-state index in [-0.39, 0.29) is 16.9 Å². The van der Waals surface area contributed by atoms with Gasteiger partial charge in [-0.25, -0.2) is 8.42 Å². The van der Waals surface area contributed by atoms with Gasteiger partial charge in [0, 0.05) is 10.7 Å². The minimum Gasteiger partial charge on any atom is -0.476 e. The molecule has 3 aromatic rings. The van der Waals surface area contributed by atoms with E-state index in [1.807, 2.05) is 19.1 Å². The highest BCUT2D eigenvalue weighted by Crippen LogP contribution is 2.40. The number of hydrogen-bond donors (Lipinski definition) is 1. The Morgan fingerprint density at radius 2 is 1.76 bits per heavy atom. The number of carbonyl (C=O) groups excluding carboxylic acids is 1. The van der Waals surface area contributed by atoms with Gasteiger partial charge in [0.15, 0.2) is 6.10 Å². The van der Waals surface area contributed by atoms with Gasteiger partial charge in [0.05, 0.1) is 17.1 Å². The standard InChI is InChI=1S/C26H27ClN2O4S/c1-17-10-12-19(27)15-21(17)28-25(30)24-16-29(34(31,32)20-8-6-5-7-9-20)22-14-18(26(2,3)4)11-13-23(22)33-24/h5-15,24H,16H2,1-4H3,(H,28,30). The molecule has 1 amide bonds. The number of benzene rings is 3. The summed E-state index contributed by atoms with van der Waals surface area (Å²) >= 11 is 6.09. The number of anilines is 2. The Hall–Kier alpha value is -3.03. The van der Waals surface area contributed by atoms with E-state index in [9.17, 15) is 13.2 Å². The minimum atomic E-state index is -3.94. The van der Waals surface area contributed by atoms with Crippen molar-refractivity contribution in [2.45, 2.75) is 44.1 Å². The van der Waals surface area contributed by atoms with E-state index >= 15 is 0 Å². The predicted octanol–water partition coefficient (Wildman–Crippen LogP) is 5.54. The highest BCUT2D eigenvalue weighted by Gasteiger charge is 2.38. The molecule has 1 heterocycles. The van der Waals surface area contributed by atoms with Crippen molar-refractivity contribution in [3.63, 3.8) is 0 Å². The van der Waals surface area contributed by atoms with Crippen LogP contribution in [0.3, 0.4) is 0 Å². The Morgan fingerprint density at radius 3 is 2.44 bits per heavy atom. The number of halogens is 1. The quantitative estimate of drug-likeness (QED) is 0.512. The van der Waals surface area contributed by atoms with Crippen molar-refractivity contribution in [3.8, 4) is 5.75 Å². The molecule has 6 nitrogen and oxygen atoms in total. The average molecular weight is 499 g/mol. The van der Waals surface area contributed by atoms with Crippen LogP contribution in [0.1, 0.15) is 31.9 Å². The maximum atomic E-state index is 13.7. The molecule has 1 unspecified atom stereocenters. The van der Waals surface area contributed by atoms with Gasteiger partial charge in [0.25, 0.3) is 15.9 Å². The van der Waals surface area contributed by atoms with Gasteiger partial charge in [-0.2, -0.15) is 0 Å². The van der Waals surface area contributed by atoms with Crippen LogP contribution in [0.5, 0.6) is 5.75 Å². The van der Waals surface area contributed by atoms with Crippen LogP contribution in [0.2, 0.25) is 5.02 Å². The summed E-state index contributed by atoms with van der Waals surface area (Å²) in [7, 11) is -3.94. The highest BCUT2D eigenvalue weighted by atomic mass is 35.5. The van der Waals surface area contributed by atoms with Crippen molar-refractivity contribution in [1.29, 1.82) is 0 Å². The average Bonchev–Trinajstić information content (AvgIpc) is 2.80. The second kappa shape index (κ2) is 8.96. The molecular formula is C26H27ClN2O4S. The van der Waals surface area contributed by atoms with Crippen LogP contribution in [0.25, 0.3) is 0 Å². The lowest BCUT2D eigenvalue weighted by Gasteiger charge is -2.36. The number of nitrogens with zero attached hydrogens (tertiary/aromatic N) is 1. The molecule has 178 valence electrons. The molecule has 0 radical (unpaired) electrons. The zero-order valence-electron chi connectivity index (χ0n) is 19.5. The van der Waals surface area contributed by atoms with Crippen molar-refractivity contribution < 1.29 is 17.9 Å². The summed E-state index contributed by atoms with van der Waals surface area (Å²) in [6, 6.07) is 18.8. The van der Waals surface area contributed by atoms with Crippen LogP contribution < -0.4 is 14.4 Å². The van der Waals surface area contributed by atoms with Crippen LogP contribution in [0.4, 0.5) is 11.4 Å². The van der Waals surface area contributed by atoms with Crippen LogP contribution in [0, 0.1) is 6.92 Å². The van der Waals surface area contributed by atoms with Crippen molar-refractivity contribution in [2.24, 2.45) is 0 Å². The fourth-order valence-electron chi connectivity index (χ4n) is 3.74. The molecule has 1 aliphatic heterocycles. The van der Waals surface area contributed by atoms with Gasteiger partial charge in [-0.15, -0.1) is 0 Å². The molecule has 1 atom stereocenters. The van der Waals surface area contributed by atoms with E-state index in [4.69, 9.17) is 16.3 Å². The van der Waals surface area contributed by atoms with Crippen molar-refractivity contribution in [2.75, 3.05) is 16.2 Å². The summed E-state index contributed by atoms with van der Waals surface area (Å²) < 4.78 is 34.6. The smallest absolute Gasteiger partial charge is 0.267 e. The van der Waals surface area contributed by atoms with Gasteiger partial charge in [0.1, 0.15) is 5.75 Å². The summed E-state index contributed by atoms with van der Waals surface area (Å²) in [6.45, 7) is 7.85. The lowest BCUT2D eigenvalue weighted by molar-refractivity contribution is -0.122. The SMILES string of the molecule is Cc1ccc(Cl)cc1NC(=O)C1CN(S(=O)(=O)c2ccccc2)c2cc(C(C)(C)C)ccc2O1. The van der Waals surface area contributed by atoms with Gasteiger partial charge in [-0.1, -0.05) is 62.7 Å². The number of rotatable bonds is 4. The van der Waals surface area contributed by atoms with Crippen molar-refractivity contribution in [3.05, 3.63) is 82.9 Å². The molecule has 0 bridgehead atoms. The maximum absolute atomic E-state index is 13.7. The maximum Gasteiger partial charge on any atom is 0.267 e. The molecule has 0 aliphatic carbocycles. The molecule has 1 aliphatic rings. The third kappa shape index (κ3) is 4.76. The van der Waals surface area contributed by atoms with E-state index in [0.29, 0.717) is 22.1 Å². The van der Waals surface area contributed by atoms with Gasteiger partial charge in [0.2, 0.25) is 0 Å². The number of ether oxygens (including phenoxy) is 1. The summed E-state index contributed by atoms with van der Waals surface area (Å²) in [5, 5.41) is 3.31. The van der Waals surface area contributed by atoms with Crippen LogP contribution in [-0.4, -0.2) is 27.0 Å². The Morgan fingerprint density at radius 1 is 1.06 bits per heavy atom. The molecule has 34 heavy (non-hydrogen) atoms. The molecule has 8 heteroatoms. The summed E-state index contributed by atoms with van der Waals surface area (Å²) in [4.78, 5) is 13.3. The first-order chi connectivity index (χ1) is 16.0. The lowest BCUT2D eigenvalue weighted by atomic mass is 9.86. The van der Waals surface area contributed by atoms with Crippen molar-refractivity contribution >= 4 is 38.9 Å². The second-order valence-corrected chi connectivity index (χ2v) is 11.6. The Bertz CT molecular complexity index is 1330. The number of amides is 1. The summed E-state index contributed by atoms with van der Waals surface area (Å²) in [5.74, 6) is -0.120. The predicted molar refractivity (Wildman–Crippen MR) is 135 cm³/mol. The molecule has 0 spiro atoms. The first kappa shape index (κ1) is 24.1. The fourth-order valence-corrected chi connectivity index (χ4v) is 5.40. The van der Waals surface area contributed by atoms with E-state index < -0.39 is 22.0 Å². The molecule has 4 rings (SSSR count). The third-order valence-electron chi connectivity index (χ3n) is 5.78. The largest absolute Gasteiger partial charge is 0.476 e. The number of hydrogen-bond acceptors (Lipinski definition) is 4. The second-order valence-electron chi connectivity index (χ2n) is 9.34. The zero-order chi connectivity index (χ0) is 24.7. The summed E-state index contributed by atoms with van der Waals surface area (Å²) in [6.07, 6.45) is -1.05. The Balaban J connectivity index is 1.75. The zero-order valence-corrected chi connectivity index (χ0v) is 21.1. The monoisotopic (exact) mass is 498 g/mol. The highest BCUT2D eigenvalue weighted by molar-refractivity contribution is 7.92. The molecule has 3 aromatic carbocycles. The van der Waals surface area contributed by atoms with E-state index in [0.717, 1.165) is 11.1 Å². The fraction of sp³-hybridized carbons (Fsp3) is 0.269. The number of nitrogens with one attached hydrogen (secondary N) is 1. The minimum absolute atomic E-state index is 0.147. The molecule has 0 saturated heterocycles. The topological polar surface area (TPSA) is 75.7 Å². The Kier molecular flexibility index (Phi) is 6.36. The molecule has 0 saturated carbocycles. The van der Waals surface area contributed by atoms with Crippen LogP contribution >= 0.6 is 11.6 Å². The molecule has 0 aromatic heterocycles. The third-order valence-corrected chi connectivity index (χ3v) is 7.80. The van der Waals surface area contributed by atoms with Crippen LogP contribution in [0.15, 0.2) is 71.6 Å². The number of fused-ring (bicyclic) bond motifs is 1. The van der Waals surface area contributed by atoms with Crippen molar-refractivity contribution in [1.82, 2.24) is 0 Å². The summed E-state index contributed by atoms with van der Waals surface area (Å²) in [5.41, 5.74) is 2.56. The van der Waals surface area contributed by atoms with Gasteiger partial charge in [-0.05, 0) is 59.9 Å². The van der Waals surface area contributed by atoms with Crippen LogP contribution in [-0.2, 0) is 20.2 Å². The lowest BCUT2D eigenvalue weighted by Crippen LogP contribution is -2.49. The first-order valence-electron chi connectivity index (χ1n) is 10.9. The van der Waals surface area contributed by atoms with Gasteiger partial charge in [-0.3, -0.25) is 9.10 Å². The molecular weight excluding hydrogens is 472 g/mol. The number of aryl methyl sites for hydroxylation is 1. The molecule has 0 fully saturated rings. The normalized spacial score (nSPS) is 15.9. The van der Waals surface area contributed by atoms with Gasteiger partial charge >= 0.3 is 0 Å². The Labute approximate surface area is 205 Å². The van der Waals surface area contributed by atoms with E-state index in [1.165, 1.54) is 4.31 Å². The van der Waals surface area contributed by atoms with Gasteiger partial charge < -0.3 is 10.1 Å². The first-order valence-corrected chi connectivity index (χ1v) is 12.7. The molecule has 1 N–H and O–H groups in total. The van der Waals surface area contributed by atoms with E-state index in [2.05, 4.69) is 26.1 Å².